The zero-order valence-electron chi connectivity index (χ0n) is 15.1. The quantitative estimate of drug-likeness (QED) is 0.839. The van der Waals surface area contributed by atoms with Crippen LogP contribution in [0.2, 0.25) is 0 Å². The summed E-state index contributed by atoms with van der Waals surface area (Å²) < 4.78 is 54.3. The van der Waals surface area contributed by atoms with Gasteiger partial charge in [-0.1, -0.05) is 18.9 Å². The lowest BCUT2D eigenvalue weighted by Crippen LogP contribution is -2.33. The maximum Gasteiger partial charge on any atom is 0.264 e. The van der Waals surface area contributed by atoms with Gasteiger partial charge in [0, 0.05) is 24.2 Å². The Kier molecular flexibility index (Phi) is 4.82. The molecular weight excluding hydrogens is 386 g/mol. The Labute approximate surface area is 162 Å². The lowest BCUT2D eigenvalue weighted by Gasteiger charge is -2.22. The van der Waals surface area contributed by atoms with Crippen LogP contribution in [-0.2, 0) is 21.2 Å². The van der Waals surface area contributed by atoms with Crippen molar-refractivity contribution in [2.24, 2.45) is 5.92 Å². The molecule has 0 bridgehead atoms. The molecule has 0 unspecified atom stereocenters. The molecule has 0 atom stereocenters. The average molecular weight is 406 g/mol. The molecule has 1 saturated carbocycles. The van der Waals surface area contributed by atoms with Crippen LogP contribution >= 0.6 is 0 Å². The number of sulfonamides is 1. The fourth-order valence-electron chi connectivity index (χ4n) is 3.97. The van der Waals surface area contributed by atoms with Crippen molar-refractivity contribution in [3.8, 4) is 0 Å². The van der Waals surface area contributed by atoms with Gasteiger partial charge in [0.15, 0.2) is 0 Å². The molecule has 2 aromatic carbocycles. The Balaban J connectivity index is 1.60. The Bertz CT molecular complexity index is 1030. The summed E-state index contributed by atoms with van der Waals surface area (Å²) in [5.74, 6) is -1.90. The first-order chi connectivity index (χ1) is 13.3. The van der Waals surface area contributed by atoms with Gasteiger partial charge < -0.3 is 4.90 Å². The van der Waals surface area contributed by atoms with Crippen molar-refractivity contribution < 1.29 is 22.0 Å². The second kappa shape index (κ2) is 7.16. The number of carbonyl (C=O) groups is 1. The highest BCUT2D eigenvalue weighted by Gasteiger charge is 2.32. The van der Waals surface area contributed by atoms with Crippen LogP contribution in [0.4, 0.5) is 20.2 Å². The van der Waals surface area contributed by atoms with E-state index in [2.05, 4.69) is 4.72 Å². The van der Waals surface area contributed by atoms with Gasteiger partial charge in [0.25, 0.3) is 10.0 Å². The summed E-state index contributed by atoms with van der Waals surface area (Å²) in [6.07, 6.45) is 4.61. The summed E-state index contributed by atoms with van der Waals surface area (Å²) in [7, 11) is -4.23. The van der Waals surface area contributed by atoms with Crippen molar-refractivity contribution in [1.29, 1.82) is 0 Å². The highest BCUT2D eigenvalue weighted by molar-refractivity contribution is 7.92. The van der Waals surface area contributed by atoms with E-state index in [0.29, 0.717) is 24.7 Å². The van der Waals surface area contributed by atoms with Crippen LogP contribution in [0.1, 0.15) is 31.2 Å². The third-order valence-corrected chi connectivity index (χ3v) is 6.80. The van der Waals surface area contributed by atoms with Crippen molar-refractivity contribution in [2.45, 2.75) is 37.0 Å². The number of hydrogen-bond acceptors (Lipinski definition) is 3. The van der Waals surface area contributed by atoms with E-state index in [1.54, 1.807) is 23.1 Å². The summed E-state index contributed by atoms with van der Waals surface area (Å²) in [5.41, 5.74) is 1.90. The van der Waals surface area contributed by atoms with Gasteiger partial charge in [-0.05, 0) is 49.1 Å². The van der Waals surface area contributed by atoms with E-state index < -0.39 is 26.6 Å². The molecule has 2 aromatic rings. The van der Waals surface area contributed by atoms with Gasteiger partial charge in [-0.2, -0.15) is 0 Å². The SMILES string of the molecule is O=C(C1CCCC1)N1CCc2ccc(NS(=O)(=O)c3ccc(F)cc3F)cc21. The van der Waals surface area contributed by atoms with E-state index in [0.717, 1.165) is 43.4 Å². The summed E-state index contributed by atoms with van der Waals surface area (Å²) in [5, 5.41) is 0. The maximum absolute atomic E-state index is 13.9. The molecule has 0 spiro atoms. The predicted molar refractivity (Wildman–Crippen MR) is 102 cm³/mol. The monoisotopic (exact) mass is 406 g/mol. The molecule has 1 fully saturated rings. The number of rotatable bonds is 4. The molecule has 2 aliphatic rings. The van der Waals surface area contributed by atoms with Crippen molar-refractivity contribution in [3.63, 3.8) is 0 Å². The highest BCUT2D eigenvalue weighted by Crippen LogP contribution is 2.35. The summed E-state index contributed by atoms with van der Waals surface area (Å²) >= 11 is 0. The first kappa shape index (κ1) is 18.9. The van der Waals surface area contributed by atoms with Gasteiger partial charge in [-0.15, -0.1) is 0 Å². The number of benzene rings is 2. The lowest BCUT2D eigenvalue weighted by molar-refractivity contribution is -0.122. The fraction of sp³-hybridized carbons (Fsp3) is 0.350. The molecule has 0 radical (unpaired) electrons. The molecule has 4 rings (SSSR count). The molecule has 148 valence electrons. The third-order valence-electron chi connectivity index (χ3n) is 5.39. The first-order valence-electron chi connectivity index (χ1n) is 9.27. The first-order valence-corrected chi connectivity index (χ1v) is 10.8. The minimum absolute atomic E-state index is 0.0274. The Hall–Kier alpha value is -2.48. The third kappa shape index (κ3) is 3.48. The minimum atomic E-state index is -4.23. The molecule has 1 N–H and O–H groups in total. The van der Waals surface area contributed by atoms with E-state index in [1.165, 1.54) is 0 Å². The molecule has 5 nitrogen and oxygen atoms in total. The lowest BCUT2D eigenvalue weighted by atomic mass is 10.1. The normalized spacial score (nSPS) is 17.0. The van der Waals surface area contributed by atoms with Gasteiger partial charge in [-0.3, -0.25) is 9.52 Å². The van der Waals surface area contributed by atoms with Gasteiger partial charge in [0.05, 0.1) is 5.69 Å². The van der Waals surface area contributed by atoms with Crippen LogP contribution in [0.25, 0.3) is 0 Å². The van der Waals surface area contributed by atoms with Crippen LogP contribution in [0.5, 0.6) is 0 Å². The molecular formula is C20H20F2N2O3S. The van der Waals surface area contributed by atoms with Crippen molar-refractivity contribution in [2.75, 3.05) is 16.2 Å². The van der Waals surface area contributed by atoms with E-state index >= 15 is 0 Å². The van der Waals surface area contributed by atoms with E-state index in [-0.39, 0.29) is 17.5 Å². The van der Waals surface area contributed by atoms with Crippen molar-refractivity contribution in [1.82, 2.24) is 0 Å². The van der Waals surface area contributed by atoms with Crippen LogP contribution in [0.15, 0.2) is 41.3 Å². The van der Waals surface area contributed by atoms with Crippen molar-refractivity contribution in [3.05, 3.63) is 53.6 Å². The second-order valence-corrected chi connectivity index (χ2v) is 8.90. The standard InChI is InChI=1S/C20H20F2N2O3S/c21-15-6-8-19(17(22)11-15)28(26,27)23-16-7-5-13-9-10-24(18(13)12-16)20(25)14-3-1-2-4-14/h5-8,11-12,14,23H,1-4,9-10H2. The van der Waals surface area contributed by atoms with Crippen LogP contribution in [-0.4, -0.2) is 20.9 Å². The fourth-order valence-corrected chi connectivity index (χ4v) is 5.08. The van der Waals surface area contributed by atoms with E-state index in [1.807, 2.05) is 0 Å². The summed E-state index contributed by atoms with van der Waals surface area (Å²) in [4.78, 5) is 13.9. The van der Waals surface area contributed by atoms with Gasteiger partial charge in [-0.25, -0.2) is 17.2 Å². The number of halogens is 2. The number of nitrogens with zero attached hydrogens (tertiary/aromatic N) is 1. The zero-order valence-corrected chi connectivity index (χ0v) is 15.9. The Morgan fingerprint density at radius 2 is 1.82 bits per heavy atom. The summed E-state index contributed by atoms with van der Waals surface area (Å²) in [6, 6.07) is 7.27. The number of nitrogens with one attached hydrogen (secondary N) is 1. The Morgan fingerprint density at radius 1 is 1.07 bits per heavy atom. The molecule has 1 amide bonds. The largest absolute Gasteiger partial charge is 0.312 e. The van der Waals surface area contributed by atoms with Gasteiger partial charge >= 0.3 is 0 Å². The molecule has 0 saturated heterocycles. The number of carbonyl (C=O) groups excluding carboxylic acids is 1. The van der Waals surface area contributed by atoms with Gasteiger partial charge in [0.1, 0.15) is 16.5 Å². The zero-order chi connectivity index (χ0) is 19.9. The predicted octanol–water partition coefficient (Wildman–Crippen LogP) is 3.84. The molecule has 1 heterocycles. The van der Waals surface area contributed by atoms with Gasteiger partial charge in [0.2, 0.25) is 5.91 Å². The number of hydrogen-bond donors (Lipinski definition) is 1. The van der Waals surface area contributed by atoms with Crippen LogP contribution in [0.3, 0.4) is 0 Å². The molecule has 8 heteroatoms. The number of amides is 1. The van der Waals surface area contributed by atoms with Crippen LogP contribution in [0, 0.1) is 17.6 Å². The average Bonchev–Trinajstić information content (AvgIpc) is 3.30. The second-order valence-electron chi connectivity index (χ2n) is 7.24. The van der Waals surface area contributed by atoms with Crippen molar-refractivity contribution >= 4 is 27.3 Å². The molecule has 0 aromatic heterocycles. The topological polar surface area (TPSA) is 66.5 Å². The smallest absolute Gasteiger partial charge is 0.264 e. The summed E-state index contributed by atoms with van der Waals surface area (Å²) in [6.45, 7) is 0.577. The number of anilines is 2. The maximum atomic E-state index is 13.9. The highest BCUT2D eigenvalue weighted by atomic mass is 32.2. The molecule has 28 heavy (non-hydrogen) atoms. The Morgan fingerprint density at radius 3 is 2.54 bits per heavy atom. The van der Waals surface area contributed by atoms with E-state index in [4.69, 9.17) is 0 Å². The molecule has 1 aliphatic heterocycles. The molecule has 1 aliphatic carbocycles. The minimum Gasteiger partial charge on any atom is -0.312 e. The van der Waals surface area contributed by atoms with Crippen LogP contribution < -0.4 is 9.62 Å². The number of fused-ring (bicyclic) bond motifs is 1. The van der Waals surface area contributed by atoms with E-state index in [9.17, 15) is 22.0 Å².